The molecule has 8 heteroatoms. The van der Waals surface area contributed by atoms with Crippen molar-refractivity contribution >= 4 is 23.4 Å². The first-order chi connectivity index (χ1) is 17.0. The fraction of sp³-hybridized carbons (Fsp3) is 0.393. The van der Waals surface area contributed by atoms with E-state index in [1.807, 2.05) is 69.3 Å². The minimum absolute atomic E-state index is 0.0801. The van der Waals surface area contributed by atoms with Gasteiger partial charge in [0.15, 0.2) is 0 Å². The van der Waals surface area contributed by atoms with Gasteiger partial charge in [-0.15, -0.1) is 0 Å². The van der Waals surface area contributed by atoms with E-state index in [4.69, 9.17) is 9.84 Å². The molecule has 0 saturated heterocycles. The number of nitrogens with zero attached hydrogens (tertiary/aromatic N) is 3. The molecule has 2 aromatic carbocycles. The fourth-order valence-electron chi connectivity index (χ4n) is 3.78. The summed E-state index contributed by atoms with van der Waals surface area (Å²) in [7, 11) is 1.62. The van der Waals surface area contributed by atoms with Crippen LogP contribution in [0.4, 0.5) is 16.3 Å². The Bertz CT molecular complexity index is 1210. The number of carbonyl (C=O) groups excluding carboxylic acids is 2. The number of nitrogens with one attached hydrogen (secondary N) is 2. The van der Waals surface area contributed by atoms with Crippen molar-refractivity contribution in [1.29, 1.82) is 0 Å². The van der Waals surface area contributed by atoms with Gasteiger partial charge >= 0.3 is 6.03 Å². The molecule has 1 aromatic heterocycles. The molecular weight excluding hydrogens is 454 g/mol. The highest BCUT2D eigenvalue weighted by Gasteiger charge is 2.23. The highest BCUT2D eigenvalue weighted by molar-refractivity contribution is 5.97. The molecule has 0 bridgehead atoms. The summed E-state index contributed by atoms with van der Waals surface area (Å²) in [5.41, 5.74) is 4.25. The largest absolute Gasteiger partial charge is 0.497 e. The molecule has 0 aliphatic heterocycles. The maximum Gasteiger partial charge on any atom is 0.322 e. The highest BCUT2D eigenvalue weighted by atomic mass is 16.5. The minimum atomic E-state index is -0.307. The maximum absolute atomic E-state index is 13.1. The Morgan fingerprint density at radius 1 is 1.03 bits per heavy atom. The third-order valence-electron chi connectivity index (χ3n) is 5.80. The molecule has 3 rings (SSSR count). The van der Waals surface area contributed by atoms with E-state index in [1.165, 1.54) is 4.90 Å². The van der Waals surface area contributed by atoms with Crippen molar-refractivity contribution in [3.63, 3.8) is 0 Å². The van der Waals surface area contributed by atoms with Crippen molar-refractivity contribution in [2.45, 2.75) is 53.4 Å². The number of methoxy groups -OCH3 is 1. The summed E-state index contributed by atoms with van der Waals surface area (Å²) >= 11 is 0. The average Bonchev–Trinajstić information content (AvgIpc) is 3.24. The molecule has 0 unspecified atom stereocenters. The van der Waals surface area contributed by atoms with Crippen LogP contribution in [-0.2, 0) is 10.2 Å². The first kappa shape index (κ1) is 26.8. The quantitative estimate of drug-likeness (QED) is 0.424. The molecule has 0 atom stereocenters. The van der Waals surface area contributed by atoms with Crippen LogP contribution in [0, 0.1) is 13.8 Å². The van der Waals surface area contributed by atoms with Crippen molar-refractivity contribution in [1.82, 2.24) is 14.7 Å². The Hall–Kier alpha value is -3.81. The van der Waals surface area contributed by atoms with E-state index < -0.39 is 0 Å². The van der Waals surface area contributed by atoms with E-state index in [-0.39, 0.29) is 23.9 Å². The molecular formula is C28H37N5O3. The molecule has 192 valence electrons. The predicted octanol–water partition coefficient (Wildman–Crippen LogP) is 5.68. The first-order valence-electron chi connectivity index (χ1n) is 12.2. The number of aryl methyl sites for hydroxylation is 2. The SMILES string of the molecule is CCCN(CC(=O)Nc1cc(C(C)(C)C)nn1-c1ccc(OC)cc1)C(=O)Nc1ccc(C)cc1C. The molecule has 0 aliphatic carbocycles. The second-order valence-corrected chi connectivity index (χ2v) is 9.99. The van der Waals surface area contributed by atoms with Crippen molar-refractivity contribution < 1.29 is 14.3 Å². The van der Waals surface area contributed by atoms with E-state index in [1.54, 1.807) is 11.8 Å². The fourth-order valence-corrected chi connectivity index (χ4v) is 3.78. The summed E-state index contributed by atoms with van der Waals surface area (Å²) in [5.74, 6) is 0.980. The zero-order valence-electron chi connectivity index (χ0n) is 22.3. The summed E-state index contributed by atoms with van der Waals surface area (Å²) in [5, 5.41) is 10.7. The molecule has 3 aromatic rings. The molecule has 3 amide bonds. The van der Waals surface area contributed by atoms with Gasteiger partial charge < -0.3 is 20.3 Å². The smallest absolute Gasteiger partial charge is 0.322 e. The van der Waals surface area contributed by atoms with Gasteiger partial charge in [0.1, 0.15) is 18.1 Å². The molecule has 0 fully saturated rings. The van der Waals surface area contributed by atoms with E-state index in [0.717, 1.165) is 40.4 Å². The van der Waals surface area contributed by atoms with Gasteiger partial charge in [-0.3, -0.25) is 4.79 Å². The third kappa shape index (κ3) is 6.65. The number of aromatic nitrogens is 2. The number of carbonyl (C=O) groups is 2. The lowest BCUT2D eigenvalue weighted by Crippen LogP contribution is -2.41. The monoisotopic (exact) mass is 491 g/mol. The van der Waals surface area contributed by atoms with Crippen LogP contribution in [0.2, 0.25) is 0 Å². The van der Waals surface area contributed by atoms with Gasteiger partial charge in [-0.25, -0.2) is 9.48 Å². The summed E-state index contributed by atoms with van der Waals surface area (Å²) < 4.78 is 6.97. The van der Waals surface area contributed by atoms with E-state index in [2.05, 4.69) is 31.4 Å². The Morgan fingerprint density at radius 3 is 2.31 bits per heavy atom. The summed E-state index contributed by atoms with van der Waals surface area (Å²) in [4.78, 5) is 27.7. The van der Waals surface area contributed by atoms with Crippen LogP contribution in [-0.4, -0.2) is 46.8 Å². The Kier molecular flexibility index (Phi) is 8.40. The van der Waals surface area contributed by atoms with Crippen LogP contribution in [0.25, 0.3) is 5.69 Å². The number of urea groups is 1. The van der Waals surface area contributed by atoms with Crippen LogP contribution < -0.4 is 15.4 Å². The second-order valence-electron chi connectivity index (χ2n) is 9.99. The molecule has 2 N–H and O–H groups in total. The lowest BCUT2D eigenvalue weighted by Gasteiger charge is -2.23. The zero-order valence-corrected chi connectivity index (χ0v) is 22.3. The van der Waals surface area contributed by atoms with Gasteiger partial charge in [0, 0.05) is 23.7 Å². The van der Waals surface area contributed by atoms with Gasteiger partial charge in [-0.2, -0.15) is 5.10 Å². The topological polar surface area (TPSA) is 88.5 Å². The average molecular weight is 492 g/mol. The number of benzene rings is 2. The summed E-state index contributed by atoms with van der Waals surface area (Å²) in [6.45, 7) is 12.5. The summed E-state index contributed by atoms with van der Waals surface area (Å²) in [6.07, 6.45) is 0.728. The molecule has 0 radical (unpaired) electrons. The molecule has 0 spiro atoms. The lowest BCUT2D eigenvalue weighted by molar-refractivity contribution is -0.116. The van der Waals surface area contributed by atoms with Gasteiger partial charge in [-0.05, 0) is 56.2 Å². The van der Waals surface area contributed by atoms with Crippen LogP contribution in [0.5, 0.6) is 5.75 Å². The molecule has 1 heterocycles. The summed E-state index contributed by atoms with van der Waals surface area (Å²) in [6, 6.07) is 14.9. The Morgan fingerprint density at radius 2 is 1.72 bits per heavy atom. The number of anilines is 2. The molecule has 0 saturated carbocycles. The van der Waals surface area contributed by atoms with Crippen molar-refractivity contribution in [3.05, 3.63) is 65.4 Å². The maximum atomic E-state index is 13.1. The van der Waals surface area contributed by atoms with Gasteiger partial charge in [0.05, 0.1) is 18.5 Å². The van der Waals surface area contributed by atoms with Crippen molar-refractivity contribution in [3.8, 4) is 11.4 Å². The third-order valence-corrected chi connectivity index (χ3v) is 5.80. The standard InChI is InChI=1S/C28H37N5O3/c1-8-15-32(27(35)29-23-14-9-19(2)16-20(23)3)18-26(34)30-25-17-24(28(4,5)6)31-33(25)21-10-12-22(36-7)13-11-21/h9-14,16-17H,8,15,18H2,1-7H3,(H,29,35)(H,30,34). The highest BCUT2D eigenvalue weighted by Crippen LogP contribution is 2.27. The van der Waals surface area contributed by atoms with Crippen LogP contribution >= 0.6 is 0 Å². The Balaban J connectivity index is 1.80. The molecule has 36 heavy (non-hydrogen) atoms. The Labute approximate surface area is 213 Å². The number of hydrogen-bond acceptors (Lipinski definition) is 4. The van der Waals surface area contributed by atoms with E-state index >= 15 is 0 Å². The molecule has 8 nitrogen and oxygen atoms in total. The van der Waals surface area contributed by atoms with Crippen LogP contribution in [0.1, 0.15) is 50.9 Å². The van der Waals surface area contributed by atoms with Crippen LogP contribution in [0.3, 0.4) is 0 Å². The first-order valence-corrected chi connectivity index (χ1v) is 12.2. The lowest BCUT2D eigenvalue weighted by atomic mass is 9.92. The van der Waals surface area contributed by atoms with Crippen LogP contribution in [0.15, 0.2) is 48.5 Å². The number of ether oxygens (including phenoxy) is 1. The minimum Gasteiger partial charge on any atom is -0.497 e. The number of amides is 3. The second kappa shape index (κ2) is 11.3. The molecule has 0 aliphatic rings. The van der Waals surface area contributed by atoms with E-state index in [9.17, 15) is 9.59 Å². The van der Waals surface area contributed by atoms with Gasteiger partial charge in [0.2, 0.25) is 5.91 Å². The van der Waals surface area contributed by atoms with Crippen molar-refractivity contribution in [2.75, 3.05) is 30.8 Å². The van der Waals surface area contributed by atoms with Crippen molar-refractivity contribution in [2.24, 2.45) is 0 Å². The zero-order chi connectivity index (χ0) is 26.5. The predicted molar refractivity (Wildman–Crippen MR) is 144 cm³/mol. The normalized spacial score (nSPS) is 11.2. The number of rotatable bonds is 8. The van der Waals surface area contributed by atoms with Gasteiger partial charge in [-0.1, -0.05) is 45.4 Å². The van der Waals surface area contributed by atoms with Gasteiger partial charge in [0.25, 0.3) is 0 Å². The van der Waals surface area contributed by atoms with E-state index in [0.29, 0.717) is 12.4 Å². The number of hydrogen-bond donors (Lipinski definition) is 2.